The molecule has 0 aliphatic rings. The van der Waals surface area contributed by atoms with Crippen LogP contribution in [0.2, 0.25) is 0 Å². The van der Waals surface area contributed by atoms with Crippen LogP contribution in [-0.4, -0.2) is 25.8 Å². The van der Waals surface area contributed by atoms with Gasteiger partial charge in [0.05, 0.1) is 11.9 Å². The Kier molecular flexibility index (Phi) is 2.81. The Morgan fingerprint density at radius 3 is 2.50 bits per heavy atom. The van der Waals surface area contributed by atoms with E-state index in [1.165, 1.54) is 12.4 Å². The predicted molar refractivity (Wildman–Crippen MR) is 56.8 cm³/mol. The first-order valence-corrected chi connectivity index (χ1v) is 4.63. The Morgan fingerprint density at radius 1 is 1.12 bits per heavy atom. The van der Waals surface area contributed by atoms with Crippen LogP contribution in [0, 0.1) is 6.92 Å². The zero-order chi connectivity index (χ0) is 11.4. The van der Waals surface area contributed by atoms with Gasteiger partial charge in [-0.05, 0) is 13.0 Å². The van der Waals surface area contributed by atoms with E-state index in [1.807, 2.05) is 0 Å². The second-order valence-corrected chi connectivity index (χ2v) is 3.07. The van der Waals surface area contributed by atoms with Gasteiger partial charge in [0.1, 0.15) is 5.69 Å². The van der Waals surface area contributed by atoms with Crippen LogP contribution in [0.5, 0.6) is 0 Å². The van der Waals surface area contributed by atoms with Gasteiger partial charge in [0.15, 0.2) is 0 Å². The third-order valence-electron chi connectivity index (χ3n) is 1.80. The molecular weight excluding hydrogens is 206 g/mol. The van der Waals surface area contributed by atoms with Gasteiger partial charge in [0.25, 0.3) is 5.91 Å². The summed E-state index contributed by atoms with van der Waals surface area (Å²) in [6.45, 7) is 1.80. The van der Waals surface area contributed by atoms with Gasteiger partial charge < -0.3 is 0 Å². The first kappa shape index (κ1) is 10.2. The summed E-state index contributed by atoms with van der Waals surface area (Å²) < 4.78 is 0. The van der Waals surface area contributed by atoms with Crippen LogP contribution >= 0.6 is 0 Å². The summed E-state index contributed by atoms with van der Waals surface area (Å²) in [5, 5.41) is 2.51. The quantitative estimate of drug-likeness (QED) is 0.802. The molecule has 6 nitrogen and oxygen atoms in total. The average molecular weight is 215 g/mol. The molecule has 2 rings (SSSR count). The molecule has 0 fully saturated rings. The lowest BCUT2D eigenvalue weighted by atomic mass is 10.4. The lowest BCUT2D eigenvalue weighted by Gasteiger charge is -2.01. The lowest BCUT2D eigenvalue weighted by Crippen LogP contribution is -2.15. The summed E-state index contributed by atoms with van der Waals surface area (Å²) in [6.07, 6.45) is 6.03. The zero-order valence-corrected chi connectivity index (χ0v) is 8.58. The molecule has 0 radical (unpaired) electrons. The minimum atomic E-state index is -0.376. The van der Waals surface area contributed by atoms with Crippen molar-refractivity contribution in [1.29, 1.82) is 0 Å². The molecule has 80 valence electrons. The third kappa shape index (κ3) is 2.35. The van der Waals surface area contributed by atoms with Crippen LogP contribution in [0.3, 0.4) is 0 Å². The van der Waals surface area contributed by atoms with E-state index < -0.39 is 0 Å². The van der Waals surface area contributed by atoms with Gasteiger partial charge in [0, 0.05) is 18.6 Å². The summed E-state index contributed by atoms with van der Waals surface area (Å²) in [7, 11) is 0. The normalized spacial score (nSPS) is 9.81. The Balaban J connectivity index is 2.12. The molecule has 0 saturated carbocycles. The molecule has 2 aromatic rings. The molecule has 1 N–H and O–H groups in total. The first-order chi connectivity index (χ1) is 7.75. The van der Waals surface area contributed by atoms with Crippen molar-refractivity contribution in [3.63, 3.8) is 0 Å². The number of aromatic nitrogens is 4. The summed E-state index contributed by atoms with van der Waals surface area (Å²) in [5.41, 5.74) is 0.991. The van der Waals surface area contributed by atoms with E-state index >= 15 is 0 Å². The summed E-state index contributed by atoms with van der Waals surface area (Å²) in [6, 6.07) is 1.67. The molecule has 2 heterocycles. The van der Waals surface area contributed by atoms with E-state index in [-0.39, 0.29) is 17.5 Å². The average Bonchev–Trinajstić information content (AvgIpc) is 2.31. The van der Waals surface area contributed by atoms with E-state index in [9.17, 15) is 4.79 Å². The van der Waals surface area contributed by atoms with Crippen molar-refractivity contribution in [3.8, 4) is 0 Å². The topological polar surface area (TPSA) is 80.7 Å². The summed E-state index contributed by atoms with van der Waals surface area (Å²) >= 11 is 0. The maximum atomic E-state index is 11.6. The number of rotatable bonds is 2. The largest absolute Gasteiger partial charge is 0.289 e. The molecule has 0 spiro atoms. The number of nitrogens with one attached hydrogen (secondary N) is 1. The van der Waals surface area contributed by atoms with Crippen molar-refractivity contribution in [2.24, 2.45) is 0 Å². The van der Waals surface area contributed by atoms with E-state index in [0.717, 1.165) is 5.69 Å². The Labute approximate surface area is 91.8 Å². The second-order valence-electron chi connectivity index (χ2n) is 3.07. The Bertz CT molecular complexity index is 482. The van der Waals surface area contributed by atoms with Gasteiger partial charge in [-0.3, -0.25) is 15.1 Å². The molecule has 16 heavy (non-hydrogen) atoms. The molecule has 6 heteroatoms. The Hall–Kier alpha value is -2.37. The molecule has 0 aromatic carbocycles. The van der Waals surface area contributed by atoms with Gasteiger partial charge in [-0.15, -0.1) is 0 Å². The first-order valence-electron chi connectivity index (χ1n) is 4.63. The highest BCUT2D eigenvalue weighted by Gasteiger charge is 2.08. The number of carbonyl (C=O) groups excluding carboxylic acids is 1. The fourth-order valence-corrected chi connectivity index (χ4v) is 1.04. The highest BCUT2D eigenvalue weighted by molar-refractivity contribution is 6.01. The van der Waals surface area contributed by atoms with Gasteiger partial charge in [0.2, 0.25) is 5.95 Å². The smallest absolute Gasteiger partial charge is 0.278 e. The number of anilines is 1. The molecule has 1 amide bonds. The maximum absolute atomic E-state index is 11.6. The second kappa shape index (κ2) is 4.43. The number of amides is 1. The molecule has 0 aliphatic heterocycles. The zero-order valence-electron chi connectivity index (χ0n) is 8.58. The molecule has 2 aromatic heterocycles. The lowest BCUT2D eigenvalue weighted by molar-refractivity contribution is 0.102. The van der Waals surface area contributed by atoms with Crippen LogP contribution in [0.1, 0.15) is 16.2 Å². The minimum absolute atomic E-state index is 0.234. The summed E-state index contributed by atoms with van der Waals surface area (Å²) in [4.78, 5) is 27.3. The van der Waals surface area contributed by atoms with Gasteiger partial charge in [-0.25, -0.2) is 15.0 Å². The van der Waals surface area contributed by atoms with Crippen molar-refractivity contribution in [1.82, 2.24) is 19.9 Å². The predicted octanol–water partition coefficient (Wildman–Crippen LogP) is 0.827. The van der Waals surface area contributed by atoms with E-state index in [0.29, 0.717) is 0 Å². The van der Waals surface area contributed by atoms with Crippen molar-refractivity contribution in [2.75, 3.05) is 5.32 Å². The fraction of sp³-hybridized carbons (Fsp3) is 0.100. The minimum Gasteiger partial charge on any atom is -0.289 e. The summed E-state index contributed by atoms with van der Waals surface area (Å²) in [5.74, 6) is -0.131. The van der Waals surface area contributed by atoms with Crippen LogP contribution in [-0.2, 0) is 0 Å². The Morgan fingerprint density at radius 2 is 1.88 bits per heavy atom. The van der Waals surface area contributed by atoms with Crippen molar-refractivity contribution >= 4 is 11.9 Å². The van der Waals surface area contributed by atoms with E-state index in [2.05, 4.69) is 25.3 Å². The standard InChI is InChI=1S/C10H9N5O/c1-7-5-14-8(6-13-7)9(16)15-10-11-3-2-4-12-10/h2-6H,1H3,(H,11,12,15,16). The molecule has 0 atom stereocenters. The van der Waals surface area contributed by atoms with Crippen LogP contribution in [0.4, 0.5) is 5.95 Å². The van der Waals surface area contributed by atoms with Crippen LogP contribution in [0.25, 0.3) is 0 Å². The van der Waals surface area contributed by atoms with Crippen LogP contribution < -0.4 is 5.32 Å². The highest BCUT2D eigenvalue weighted by atomic mass is 16.2. The number of aryl methyl sites for hydroxylation is 1. The van der Waals surface area contributed by atoms with Crippen molar-refractivity contribution in [2.45, 2.75) is 6.92 Å². The van der Waals surface area contributed by atoms with Crippen molar-refractivity contribution in [3.05, 3.63) is 42.2 Å². The SMILES string of the molecule is Cc1cnc(C(=O)Nc2ncccn2)cn1. The molecule has 0 unspecified atom stereocenters. The highest BCUT2D eigenvalue weighted by Crippen LogP contribution is 1.99. The number of nitrogens with zero attached hydrogens (tertiary/aromatic N) is 4. The molecule has 0 saturated heterocycles. The van der Waals surface area contributed by atoms with Crippen molar-refractivity contribution < 1.29 is 4.79 Å². The number of hydrogen-bond acceptors (Lipinski definition) is 5. The van der Waals surface area contributed by atoms with E-state index in [1.54, 1.807) is 25.4 Å². The van der Waals surface area contributed by atoms with Gasteiger partial charge >= 0.3 is 0 Å². The number of hydrogen-bond donors (Lipinski definition) is 1. The maximum Gasteiger partial charge on any atom is 0.278 e. The molecule has 0 bridgehead atoms. The van der Waals surface area contributed by atoms with Gasteiger partial charge in [-0.1, -0.05) is 0 Å². The third-order valence-corrected chi connectivity index (χ3v) is 1.80. The molecule has 0 aliphatic carbocycles. The van der Waals surface area contributed by atoms with E-state index in [4.69, 9.17) is 0 Å². The van der Waals surface area contributed by atoms with Crippen LogP contribution in [0.15, 0.2) is 30.9 Å². The molecular formula is C10H9N5O. The fourth-order valence-electron chi connectivity index (χ4n) is 1.04. The number of carbonyl (C=O) groups is 1. The van der Waals surface area contributed by atoms with Gasteiger partial charge in [-0.2, -0.15) is 0 Å². The monoisotopic (exact) mass is 215 g/mol.